The van der Waals surface area contributed by atoms with E-state index in [2.05, 4.69) is 24.1 Å². The zero-order valence-electron chi connectivity index (χ0n) is 19.0. The van der Waals surface area contributed by atoms with Gasteiger partial charge in [-0.2, -0.15) is 0 Å². The minimum Gasteiger partial charge on any atom is -0.508 e. The van der Waals surface area contributed by atoms with Crippen LogP contribution in [0, 0.1) is 23.2 Å². The minimum atomic E-state index is -0.00259. The molecule has 2 amide bonds. The summed E-state index contributed by atoms with van der Waals surface area (Å²) in [6.45, 7) is 8.20. The number of fused-ring (bicyclic) bond motifs is 1. The van der Waals surface area contributed by atoms with Crippen molar-refractivity contribution in [1.29, 1.82) is 0 Å². The van der Waals surface area contributed by atoms with Gasteiger partial charge < -0.3 is 15.3 Å². The van der Waals surface area contributed by atoms with Gasteiger partial charge >= 0.3 is 0 Å². The van der Waals surface area contributed by atoms with Gasteiger partial charge in [0.05, 0.1) is 6.54 Å². The molecule has 0 bridgehead atoms. The van der Waals surface area contributed by atoms with E-state index in [0.29, 0.717) is 37.7 Å². The van der Waals surface area contributed by atoms with Crippen LogP contribution >= 0.6 is 0 Å². The van der Waals surface area contributed by atoms with Crippen LogP contribution in [-0.2, 0) is 16.1 Å². The summed E-state index contributed by atoms with van der Waals surface area (Å²) >= 11 is 0. The van der Waals surface area contributed by atoms with E-state index >= 15 is 0 Å². The molecule has 1 saturated heterocycles. The Morgan fingerprint density at radius 2 is 1.84 bits per heavy atom. The first kappa shape index (κ1) is 22.1. The molecule has 0 spiro atoms. The van der Waals surface area contributed by atoms with Crippen molar-refractivity contribution in [2.75, 3.05) is 32.7 Å². The zero-order valence-corrected chi connectivity index (χ0v) is 19.0. The second-order valence-electron chi connectivity index (χ2n) is 10.6. The molecule has 1 aromatic rings. The maximum absolute atomic E-state index is 12.6. The third kappa shape index (κ3) is 5.79. The van der Waals surface area contributed by atoms with Crippen LogP contribution in [-0.4, -0.2) is 59.4 Å². The summed E-state index contributed by atoms with van der Waals surface area (Å²) in [4.78, 5) is 29.3. The highest BCUT2D eigenvalue weighted by atomic mass is 16.3. The summed E-state index contributed by atoms with van der Waals surface area (Å²) < 4.78 is 0. The second kappa shape index (κ2) is 9.19. The molecule has 2 aliphatic carbocycles. The molecule has 0 radical (unpaired) electrons. The molecule has 4 unspecified atom stereocenters. The normalized spacial score (nSPS) is 30.9. The van der Waals surface area contributed by atoms with Crippen molar-refractivity contribution in [3.05, 3.63) is 29.8 Å². The summed E-state index contributed by atoms with van der Waals surface area (Å²) in [5, 5.41) is 12.9. The van der Waals surface area contributed by atoms with Crippen molar-refractivity contribution in [1.82, 2.24) is 15.1 Å². The highest BCUT2D eigenvalue weighted by Crippen LogP contribution is 2.55. The fourth-order valence-corrected chi connectivity index (χ4v) is 5.93. The van der Waals surface area contributed by atoms with Crippen molar-refractivity contribution in [3.63, 3.8) is 0 Å². The number of para-hydroxylation sites is 1. The molecular weight excluding hydrogens is 390 g/mol. The molecule has 4 rings (SSSR count). The molecular formula is C25H37N3O3. The summed E-state index contributed by atoms with van der Waals surface area (Å²) in [5.74, 6) is 2.73. The number of rotatable bonds is 6. The lowest BCUT2D eigenvalue weighted by molar-refractivity contribution is -0.135. The van der Waals surface area contributed by atoms with E-state index in [0.717, 1.165) is 43.3 Å². The van der Waals surface area contributed by atoms with Gasteiger partial charge in [-0.25, -0.2) is 0 Å². The van der Waals surface area contributed by atoms with Gasteiger partial charge in [0.2, 0.25) is 11.8 Å². The number of piperazine rings is 1. The average Bonchev–Trinajstić information content (AvgIpc) is 3.45. The Morgan fingerprint density at radius 1 is 1.10 bits per heavy atom. The van der Waals surface area contributed by atoms with Gasteiger partial charge in [-0.15, -0.1) is 0 Å². The Labute approximate surface area is 186 Å². The van der Waals surface area contributed by atoms with Crippen molar-refractivity contribution in [2.24, 2.45) is 23.2 Å². The molecule has 2 N–H and O–H groups in total. The van der Waals surface area contributed by atoms with Crippen molar-refractivity contribution < 1.29 is 14.7 Å². The van der Waals surface area contributed by atoms with E-state index in [1.54, 1.807) is 6.07 Å². The molecule has 1 aromatic carbocycles. The number of hydrogen-bond acceptors (Lipinski definition) is 4. The molecule has 1 aliphatic heterocycles. The van der Waals surface area contributed by atoms with E-state index in [1.165, 1.54) is 12.8 Å². The van der Waals surface area contributed by atoms with E-state index < -0.39 is 0 Å². The lowest BCUT2D eigenvalue weighted by Crippen LogP contribution is -2.51. The molecule has 0 aromatic heterocycles. The standard InChI is InChI=1S/C25H37N3O3/c1-18-11-20-12-21(20)14-25(2,13-18)15-23(30)26-16-24(31)28-9-7-27(8-10-28)17-19-5-3-4-6-22(19)29/h3-6,18,20-21,29H,7-17H2,1-2H3,(H,26,30). The summed E-state index contributed by atoms with van der Waals surface area (Å²) in [6.07, 6.45) is 5.46. The van der Waals surface area contributed by atoms with Crippen molar-refractivity contribution in [2.45, 2.75) is 52.5 Å². The number of nitrogens with one attached hydrogen (secondary N) is 1. The number of aromatic hydroxyl groups is 1. The quantitative estimate of drug-likeness (QED) is 0.732. The number of amides is 2. The third-order valence-electron chi connectivity index (χ3n) is 7.51. The van der Waals surface area contributed by atoms with Crippen LogP contribution in [0.3, 0.4) is 0 Å². The fraction of sp³-hybridized carbons (Fsp3) is 0.680. The first-order valence-electron chi connectivity index (χ1n) is 11.8. The molecule has 6 heteroatoms. The topological polar surface area (TPSA) is 72.9 Å². The summed E-state index contributed by atoms with van der Waals surface area (Å²) in [6, 6.07) is 7.39. The molecule has 3 aliphatic rings. The molecule has 31 heavy (non-hydrogen) atoms. The van der Waals surface area contributed by atoms with Gasteiger partial charge in [0, 0.05) is 44.7 Å². The average molecular weight is 428 g/mol. The number of benzene rings is 1. The largest absolute Gasteiger partial charge is 0.508 e. The predicted molar refractivity (Wildman–Crippen MR) is 120 cm³/mol. The number of hydrogen-bond donors (Lipinski definition) is 2. The van der Waals surface area contributed by atoms with E-state index in [-0.39, 0.29) is 23.8 Å². The number of nitrogens with zero attached hydrogens (tertiary/aromatic N) is 2. The van der Waals surface area contributed by atoms with E-state index in [1.807, 2.05) is 23.1 Å². The van der Waals surface area contributed by atoms with Crippen LogP contribution in [0.15, 0.2) is 24.3 Å². The third-order valence-corrected chi connectivity index (χ3v) is 7.51. The van der Waals surface area contributed by atoms with Gasteiger partial charge in [0.1, 0.15) is 5.75 Å². The van der Waals surface area contributed by atoms with Gasteiger partial charge in [-0.05, 0) is 54.9 Å². The number of carbonyl (C=O) groups is 2. The van der Waals surface area contributed by atoms with Gasteiger partial charge in [0.15, 0.2) is 0 Å². The maximum Gasteiger partial charge on any atom is 0.242 e. The van der Waals surface area contributed by atoms with Crippen molar-refractivity contribution in [3.8, 4) is 5.75 Å². The van der Waals surface area contributed by atoms with Gasteiger partial charge in [0.25, 0.3) is 0 Å². The minimum absolute atomic E-state index is 0.00259. The Morgan fingerprint density at radius 3 is 2.58 bits per heavy atom. The zero-order chi connectivity index (χ0) is 22.0. The van der Waals surface area contributed by atoms with E-state index in [4.69, 9.17) is 0 Å². The van der Waals surface area contributed by atoms with Crippen LogP contribution in [0.25, 0.3) is 0 Å². The van der Waals surface area contributed by atoms with Crippen LogP contribution < -0.4 is 5.32 Å². The fourth-order valence-electron chi connectivity index (χ4n) is 5.93. The Hall–Kier alpha value is -2.08. The Bertz CT molecular complexity index is 801. The van der Waals surface area contributed by atoms with Crippen LogP contribution in [0.2, 0.25) is 0 Å². The molecule has 170 valence electrons. The maximum atomic E-state index is 12.6. The van der Waals surface area contributed by atoms with E-state index in [9.17, 15) is 14.7 Å². The second-order valence-corrected chi connectivity index (χ2v) is 10.6. The highest BCUT2D eigenvalue weighted by Gasteiger charge is 2.46. The molecule has 6 nitrogen and oxygen atoms in total. The SMILES string of the molecule is CC1CC2CC2CC(C)(CC(=O)NCC(=O)N2CCN(Cc3ccccc3O)CC2)C1. The summed E-state index contributed by atoms with van der Waals surface area (Å²) in [7, 11) is 0. The number of phenolic OH excluding ortho intramolecular Hbond substituents is 1. The Kier molecular flexibility index (Phi) is 6.56. The van der Waals surface area contributed by atoms with Crippen molar-refractivity contribution >= 4 is 11.8 Å². The number of phenols is 1. The van der Waals surface area contributed by atoms with Crippen LogP contribution in [0.5, 0.6) is 5.75 Å². The monoisotopic (exact) mass is 427 g/mol. The molecule has 2 saturated carbocycles. The predicted octanol–water partition coefficient (Wildman–Crippen LogP) is 3.01. The lowest BCUT2D eigenvalue weighted by Gasteiger charge is -2.35. The Balaban J connectivity index is 1.19. The van der Waals surface area contributed by atoms with Crippen LogP contribution in [0.1, 0.15) is 51.5 Å². The molecule has 1 heterocycles. The molecule has 3 fully saturated rings. The highest BCUT2D eigenvalue weighted by molar-refractivity contribution is 5.85. The summed E-state index contributed by atoms with van der Waals surface area (Å²) in [5.41, 5.74) is 0.977. The van der Waals surface area contributed by atoms with Gasteiger partial charge in [-0.1, -0.05) is 32.0 Å². The van der Waals surface area contributed by atoms with Gasteiger partial charge in [-0.3, -0.25) is 14.5 Å². The first-order chi connectivity index (χ1) is 14.8. The molecule has 4 atom stereocenters. The first-order valence-corrected chi connectivity index (χ1v) is 11.8. The number of carbonyl (C=O) groups excluding carboxylic acids is 2. The smallest absolute Gasteiger partial charge is 0.242 e. The lowest BCUT2D eigenvalue weighted by atomic mass is 9.75. The van der Waals surface area contributed by atoms with Crippen LogP contribution in [0.4, 0.5) is 0 Å².